The standard InChI is InChI=1S/C21H27FN6O/c1-21(2,28-8-4-3-5-9-28)20-26-17-10-15(16(22)11-18(17)27-20)19(29)24-7-6-14-12-23-13-25-14/h10-13H,3-9H2,1-2H3,(H,23,25)(H,24,29)(H,26,27). The number of nitrogens with zero attached hydrogens (tertiary/aromatic N) is 3. The number of H-pyrrole nitrogens is 2. The van der Waals surface area contributed by atoms with Gasteiger partial charge in [0.1, 0.15) is 11.6 Å². The summed E-state index contributed by atoms with van der Waals surface area (Å²) in [5, 5.41) is 2.76. The quantitative estimate of drug-likeness (QED) is 0.595. The zero-order valence-corrected chi connectivity index (χ0v) is 16.9. The number of hydrogen-bond acceptors (Lipinski definition) is 4. The van der Waals surface area contributed by atoms with Crippen LogP contribution in [-0.4, -0.2) is 50.4 Å². The van der Waals surface area contributed by atoms with Crippen LogP contribution in [0, 0.1) is 5.82 Å². The number of fused-ring (bicyclic) bond motifs is 1. The average Bonchev–Trinajstić information content (AvgIpc) is 3.37. The third-order valence-corrected chi connectivity index (χ3v) is 5.78. The molecule has 1 amide bonds. The fourth-order valence-electron chi connectivity index (χ4n) is 3.92. The van der Waals surface area contributed by atoms with Crippen molar-refractivity contribution >= 4 is 16.9 Å². The van der Waals surface area contributed by atoms with Crippen LogP contribution >= 0.6 is 0 Å². The molecule has 0 spiro atoms. The Hall–Kier alpha value is -2.74. The van der Waals surface area contributed by atoms with Crippen LogP contribution in [-0.2, 0) is 12.0 Å². The van der Waals surface area contributed by atoms with Crippen LogP contribution in [0.15, 0.2) is 24.7 Å². The van der Waals surface area contributed by atoms with Gasteiger partial charge in [0, 0.05) is 30.9 Å². The second-order valence-corrected chi connectivity index (χ2v) is 8.12. The highest BCUT2D eigenvalue weighted by molar-refractivity contribution is 5.97. The first-order valence-corrected chi connectivity index (χ1v) is 10.2. The van der Waals surface area contributed by atoms with Crippen LogP contribution in [0.5, 0.6) is 0 Å². The van der Waals surface area contributed by atoms with Gasteiger partial charge in [0.25, 0.3) is 5.91 Å². The molecule has 7 nitrogen and oxygen atoms in total. The molecule has 0 radical (unpaired) electrons. The number of piperidine rings is 1. The Labute approximate surface area is 169 Å². The molecule has 1 aromatic carbocycles. The van der Waals surface area contributed by atoms with Crippen molar-refractivity contribution in [1.29, 1.82) is 0 Å². The third-order valence-electron chi connectivity index (χ3n) is 5.78. The number of imidazole rings is 2. The minimum absolute atomic E-state index is 0.0101. The highest BCUT2D eigenvalue weighted by Gasteiger charge is 2.32. The summed E-state index contributed by atoms with van der Waals surface area (Å²) < 4.78 is 14.6. The lowest BCUT2D eigenvalue weighted by molar-refractivity contribution is 0.0879. The number of halogens is 1. The van der Waals surface area contributed by atoms with E-state index in [2.05, 4.69) is 39.0 Å². The van der Waals surface area contributed by atoms with Gasteiger partial charge in [-0.25, -0.2) is 14.4 Å². The molecule has 154 valence electrons. The molecule has 0 bridgehead atoms. The second-order valence-electron chi connectivity index (χ2n) is 8.12. The zero-order chi connectivity index (χ0) is 20.4. The Morgan fingerprint density at radius 2 is 2.07 bits per heavy atom. The van der Waals surface area contributed by atoms with E-state index in [-0.39, 0.29) is 11.1 Å². The maximum absolute atomic E-state index is 14.6. The Bertz CT molecular complexity index is 988. The normalized spacial score (nSPS) is 15.7. The molecular formula is C21H27FN6O. The molecule has 3 heterocycles. The number of aromatic amines is 2. The van der Waals surface area contributed by atoms with Crippen molar-refractivity contribution in [3.63, 3.8) is 0 Å². The summed E-state index contributed by atoms with van der Waals surface area (Å²) in [4.78, 5) is 29.8. The molecule has 0 saturated carbocycles. The van der Waals surface area contributed by atoms with E-state index in [0.717, 1.165) is 24.6 Å². The summed E-state index contributed by atoms with van der Waals surface area (Å²) in [6.45, 7) is 6.72. The van der Waals surface area contributed by atoms with Gasteiger partial charge in [-0.1, -0.05) is 6.42 Å². The van der Waals surface area contributed by atoms with E-state index in [1.807, 2.05) is 0 Å². The molecule has 29 heavy (non-hydrogen) atoms. The number of aromatic nitrogens is 4. The number of carbonyl (C=O) groups is 1. The van der Waals surface area contributed by atoms with Crippen LogP contribution in [0.4, 0.5) is 4.39 Å². The molecule has 3 aromatic rings. The maximum Gasteiger partial charge on any atom is 0.254 e. The summed E-state index contributed by atoms with van der Waals surface area (Å²) in [7, 11) is 0. The molecular weight excluding hydrogens is 371 g/mol. The van der Waals surface area contributed by atoms with Crippen LogP contribution in [0.3, 0.4) is 0 Å². The van der Waals surface area contributed by atoms with Crippen LogP contribution in [0.1, 0.15) is 55.0 Å². The van der Waals surface area contributed by atoms with Gasteiger partial charge in [-0.15, -0.1) is 0 Å². The van der Waals surface area contributed by atoms with Gasteiger partial charge in [0.2, 0.25) is 0 Å². The van der Waals surface area contributed by atoms with Gasteiger partial charge in [-0.2, -0.15) is 0 Å². The number of likely N-dealkylation sites (tertiary alicyclic amines) is 1. The Balaban J connectivity index is 1.52. The van der Waals surface area contributed by atoms with E-state index < -0.39 is 11.7 Å². The lowest BCUT2D eigenvalue weighted by atomic mass is 9.98. The fourth-order valence-corrected chi connectivity index (χ4v) is 3.92. The lowest BCUT2D eigenvalue weighted by Crippen LogP contribution is -2.45. The van der Waals surface area contributed by atoms with Crippen LogP contribution in [0.2, 0.25) is 0 Å². The van der Waals surface area contributed by atoms with E-state index in [4.69, 9.17) is 4.98 Å². The Kier molecular flexibility index (Phi) is 5.36. The van der Waals surface area contributed by atoms with Crippen molar-refractivity contribution in [1.82, 2.24) is 30.2 Å². The van der Waals surface area contributed by atoms with E-state index >= 15 is 0 Å². The predicted octanol–water partition coefficient (Wildman–Crippen LogP) is 3.12. The Morgan fingerprint density at radius 3 is 2.79 bits per heavy atom. The largest absolute Gasteiger partial charge is 0.352 e. The molecule has 1 aliphatic heterocycles. The molecule has 1 saturated heterocycles. The highest BCUT2D eigenvalue weighted by Crippen LogP contribution is 2.30. The fraction of sp³-hybridized carbons (Fsp3) is 0.476. The minimum Gasteiger partial charge on any atom is -0.352 e. The van der Waals surface area contributed by atoms with E-state index in [9.17, 15) is 9.18 Å². The summed E-state index contributed by atoms with van der Waals surface area (Å²) in [5.74, 6) is -0.197. The van der Waals surface area contributed by atoms with Gasteiger partial charge >= 0.3 is 0 Å². The van der Waals surface area contributed by atoms with Crippen LogP contribution < -0.4 is 5.32 Å². The number of rotatable bonds is 6. The highest BCUT2D eigenvalue weighted by atomic mass is 19.1. The van der Waals surface area contributed by atoms with Gasteiger partial charge in [0.05, 0.1) is 28.5 Å². The van der Waals surface area contributed by atoms with Crippen molar-refractivity contribution < 1.29 is 9.18 Å². The minimum atomic E-state index is -0.553. The summed E-state index contributed by atoms with van der Waals surface area (Å²) in [5.41, 5.74) is 1.86. The summed E-state index contributed by atoms with van der Waals surface area (Å²) in [6.07, 6.45) is 7.52. The smallest absolute Gasteiger partial charge is 0.254 e. The topological polar surface area (TPSA) is 89.7 Å². The van der Waals surface area contributed by atoms with Crippen molar-refractivity contribution in [2.45, 2.75) is 45.1 Å². The first-order chi connectivity index (χ1) is 13.9. The van der Waals surface area contributed by atoms with Crippen molar-refractivity contribution in [2.75, 3.05) is 19.6 Å². The number of nitrogens with one attached hydrogen (secondary N) is 3. The van der Waals surface area contributed by atoms with E-state index in [1.165, 1.54) is 31.4 Å². The van der Waals surface area contributed by atoms with Gasteiger partial charge < -0.3 is 15.3 Å². The SMILES string of the molecule is CC(C)(c1nc2cc(C(=O)NCCc3cnc[nH]3)c(F)cc2[nH]1)N1CCCCC1. The monoisotopic (exact) mass is 398 g/mol. The molecule has 1 aliphatic rings. The summed E-state index contributed by atoms with van der Waals surface area (Å²) in [6, 6.07) is 2.89. The molecule has 0 unspecified atom stereocenters. The molecule has 4 rings (SSSR count). The first kappa shape index (κ1) is 19.6. The molecule has 1 fully saturated rings. The number of carbonyl (C=O) groups excluding carboxylic acids is 1. The van der Waals surface area contributed by atoms with Crippen molar-refractivity contribution in [2.24, 2.45) is 0 Å². The maximum atomic E-state index is 14.6. The molecule has 2 aromatic heterocycles. The van der Waals surface area contributed by atoms with Gasteiger partial charge in [-0.3, -0.25) is 9.69 Å². The number of hydrogen-bond donors (Lipinski definition) is 3. The average molecular weight is 398 g/mol. The second kappa shape index (κ2) is 7.94. The number of benzene rings is 1. The van der Waals surface area contributed by atoms with Crippen LogP contribution in [0.25, 0.3) is 11.0 Å². The molecule has 0 atom stereocenters. The van der Waals surface area contributed by atoms with Gasteiger partial charge in [0.15, 0.2) is 0 Å². The summed E-state index contributed by atoms with van der Waals surface area (Å²) >= 11 is 0. The first-order valence-electron chi connectivity index (χ1n) is 10.2. The van der Waals surface area contributed by atoms with Gasteiger partial charge in [-0.05, 0) is 45.8 Å². The van der Waals surface area contributed by atoms with E-state index in [1.54, 1.807) is 12.5 Å². The molecule has 0 aliphatic carbocycles. The van der Waals surface area contributed by atoms with Crippen molar-refractivity contribution in [3.8, 4) is 0 Å². The van der Waals surface area contributed by atoms with Crippen molar-refractivity contribution in [3.05, 3.63) is 47.6 Å². The molecule has 3 N–H and O–H groups in total. The lowest BCUT2D eigenvalue weighted by Gasteiger charge is -2.39. The molecule has 8 heteroatoms. The predicted molar refractivity (Wildman–Crippen MR) is 109 cm³/mol. The number of amides is 1. The van der Waals surface area contributed by atoms with E-state index in [0.29, 0.717) is 24.0 Å². The Morgan fingerprint density at radius 1 is 1.28 bits per heavy atom. The zero-order valence-electron chi connectivity index (χ0n) is 16.9. The third kappa shape index (κ3) is 4.03.